The molecule has 50 valence electrons. The molecule has 10 heavy (non-hydrogen) atoms. The van der Waals surface area contributed by atoms with Crippen molar-refractivity contribution in [2.45, 2.75) is 6.92 Å². The smallest absolute Gasteiger partial charge is 0.117 e. The summed E-state index contributed by atoms with van der Waals surface area (Å²) in [4.78, 5) is 3.94. The van der Waals surface area contributed by atoms with Crippen LogP contribution in [-0.2, 0) is 0 Å². The standard InChI is InChI=1S/C8H8N2/c1-3-8-6(2)7(9)4-5-10-8/h1,4-5H,2H3,(H2,9,10). The normalized spacial score (nSPS) is 8.80. The summed E-state index contributed by atoms with van der Waals surface area (Å²) in [5, 5.41) is 0. The Morgan fingerprint density at radius 3 is 2.90 bits per heavy atom. The van der Waals surface area contributed by atoms with E-state index in [4.69, 9.17) is 12.2 Å². The number of pyridine rings is 1. The third kappa shape index (κ3) is 0.939. The highest BCUT2D eigenvalue weighted by molar-refractivity contribution is 5.51. The fourth-order valence-electron chi connectivity index (χ4n) is 0.696. The van der Waals surface area contributed by atoms with Crippen LogP contribution in [0, 0.1) is 19.3 Å². The summed E-state index contributed by atoms with van der Waals surface area (Å²) in [6, 6.07) is 1.73. The summed E-state index contributed by atoms with van der Waals surface area (Å²) in [5.41, 5.74) is 7.76. The number of hydrogen-bond acceptors (Lipinski definition) is 2. The Bertz CT molecular complexity index is 284. The highest BCUT2D eigenvalue weighted by Crippen LogP contribution is 2.10. The number of nitrogens with two attached hydrogens (primary N) is 1. The molecule has 0 fully saturated rings. The van der Waals surface area contributed by atoms with E-state index in [2.05, 4.69) is 10.9 Å². The van der Waals surface area contributed by atoms with Crippen molar-refractivity contribution >= 4 is 5.69 Å². The Morgan fingerprint density at radius 2 is 2.40 bits per heavy atom. The van der Waals surface area contributed by atoms with Crippen LogP contribution in [0.4, 0.5) is 5.69 Å². The van der Waals surface area contributed by atoms with Crippen LogP contribution >= 0.6 is 0 Å². The molecule has 2 heteroatoms. The summed E-state index contributed by atoms with van der Waals surface area (Å²) in [5.74, 6) is 2.44. The third-order valence-electron chi connectivity index (χ3n) is 1.38. The maximum atomic E-state index is 5.56. The summed E-state index contributed by atoms with van der Waals surface area (Å²) in [7, 11) is 0. The number of nitrogen functional groups attached to an aromatic ring is 1. The van der Waals surface area contributed by atoms with Crippen LogP contribution in [0.15, 0.2) is 12.3 Å². The number of nitrogens with zero attached hydrogens (tertiary/aromatic N) is 1. The van der Waals surface area contributed by atoms with Gasteiger partial charge in [0.25, 0.3) is 0 Å². The van der Waals surface area contributed by atoms with Gasteiger partial charge in [0, 0.05) is 17.4 Å². The molecule has 1 heterocycles. The Labute approximate surface area is 60.1 Å². The minimum absolute atomic E-state index is 0.625. The second-order valence-corrected chi connectivity index (χ2v) is 2.02. The van der Waals surface area contributed by atoms with Gasteiger partial charge in [-0.15, -0.1) is 6.42 Å². The first-order chi connectivity index (χ1) is 4.75. The van der Waals surface area contributed by atoms with Gasteiger partial charge in [0.15, 0.2) is 0 Å². The first-order valence-electron chi connectivity index (χ1n) is 2.93. The van der Waals surface area contributed by atoms with E-state index in [1.807, 2.05) is 6.92 Å². The van der Waals surface area contributed by atoms with E-state index in [0.29, 0.717) is 11.4 Å². The maximum Gasteiger partial charge on any atom is 0.117 e. The molecule has 0 unspecified atom stereocenters. The van der Waals surface area contributed by atoms with E-state index in [0.717, 1.165) is 5.56 Å². The topological polar surface area (TPSA) is 38.9 Å². The van der Waals surface area contributed by atoms with Gasteiger partial charge in [-0.05, 0) is 18.9 Å². The van der Waals surface area contributed by atoms with Gasteiger partial charge in [0.05, 0.1) is 0 Å². The van der Waals surface area contributed by atoms with Crippen molar-refractivity contribution in [1.82, 2.24) is 4.98 Å². The van der Waals surface area contributed by atoms with Crippen molar-refractivity contribution in [3.63, 3.8) is 0 Å². The average molecular weight is 132 g/mol. The van der Waals surface area contributed by atoms with E-state index >= 15 is 0 Å². The van der Waals surface area contributed by atoms with E-state index in [1.54, 1.807) is 12.3 Å². The zero-order chi connectivity index (χ0) is 7.56. The SMILES string of the molecule is C#Cc1nccc(N)c1C. The van der Waals surface area contributed by atoms with Crippen molar-refractivity contribution in [1.29, 1.82) is 0 Å². The van der Waals surface area contributed by atoms with Gasteiger partial charge in [-0.2, -0.15) is 0 Å². The monoisotopic (exact) mass is 132 g/mol. The fraction of sp³-hybridized carbons (Fsp3) is 0.125. The predicted molar refractivity (Wildman–Crippen MR) is 41.3 cm³/mol. The number of terminal acetylenes is 1. The second-order valence-electron chi connectivity index (χ2n) is 2.02. The second kappa shape index (κ2) is 2.40. The minimum Gasteiger partial charge on any atom is -0.398 e. The Kier molecular flexibility index (Phi) is 1.59. The van der Waals surface area contributed by atoms with Gasteiger partial charge in [-0.3, -0.25) is 0 Å². The molecule has 0 spiro atoms. The molecule has 0 aliphatic heterocycles. The van der Waals surface area contributed by atoms with Crippen LogP contribution in [0.25, 0.3) is 0 Å². The first-order valence-corrected chi connectivity index (χ1v) is 2.93. The lowest BCUT2D eigenvalue weighted by molar-refractivity contribution is 1.23. The molecule has 0 amide bonds. The Morgan fingerprint density at radius 1 is 1.70 bits per heavy atom. The van der Waals surface area contributed by atoms with Crippen molar-refractivity contribution in [3.8, 4) is 12.3 Å². The van der Waals surface area contributed by atoms with Crippen LogP contribution in [0.2, 0.25) is 0 Å². The van der Waals surface area contributed by atoms with Gasteiger partial charge >= 0.3 is 0 Å². The van der Waals surface area contributed by atoms with E-state index in [1.165, 1.54) is 0 Å². The molecular formula is C8H8N2. The van der Waals surface area contributed by atoms with Crippen LogP contribution in [0.1, 0.15) is 11.3 Å². The quantitative estimate of drug-likeness (QED) is 0.534. The first kappa shape index (κ1) is 6.63. The van der Waals surface area contributed by atoms with Crippen LogP contribution in [0.5, 0.6) is 0 Å². The number of anilines is 1. The van der Waals surface area contributed by atoms with E-state index in [9.17, 15) is 0 Å². The van der Waals surface area contributed by atoms with Gasteiger partial charge in [-0.25, -0.2) is 4.98 Å². The lowest BCUT2D eigenvalue weighted by Crippen LogP contribution is -1.94. The van der Waals surface area contributed by atoms with Crippen LogP contribution in [0.3, 0.4) is 0 Å². The lowest BCUT2D eigenvalue weighted by atomic mass is 10.2. The third-order valence-corrected chi connectivity index (χ3v) is 1.38. The zero-order valence-electron chi connectivity index (χ0n) is 5.76. The molecule has 1 aromatic heterocycles. The van der Waals surface area contributed by atoms with Crippen molar-refractivity contribution in [2.24, 2.45) is 0 Å². The molecule has 0 aromatic carbocycles. The molecule has 0 radical (unpaired) electrons. The number of hydrogen-bond donors (Lipinski definition) is 1. The zero-order valence-corrected chi connectivity index (χ0v) is 5.76. The van der Waals surface area contributed by atoms with Crippen molar-refractivity contribution < 1.29 is 0 Å². The molecule has 1 aromatic rings. The molecule has 0 saturated carbocycles. The molecule has 2 nitrogen and oxygen atoms in total. The van der Waals surface area contributed by atoms with Crippen LogP contribution in [-0.4, -0.2) is 4.98 Å². The van der Waals surface area contributed by atoms with Gasteiger partial charge in [0.1, 0.15) is 5.69 Å². The van der Waals surface area contributed by atoms with Crippen LogP contribution < -0.4 is 5.73 Å². The average Bonchev–Trinajstić information content (AvgIpc) is 1.95. The Balaban J connectivity index is 3.31. The molecule has 0 bridgehead atoms. The number of aromatic nitrogens is 1. The fourth-order valence-corrected chi connectivity index (χ4v) is 0.696. The summed E-state index contributed by atoms with van der Waals surface area (Å²) >= 11 is 0. The minimum atomic E-state index is 0.625. The highest BCUT2D eigenvalue weighted by atomic mass is 14.7. The highest BCUT2D eigenvalue weighted by Gasteiger charge is 1.97. The summed E-state index contributed by atoms with van der Waals surface area (Å²) in [6.07, 6.45) is 6.76. The largest absolute Gasteiger partial charge is 0.398 e. The molecule has 0 aliphatic carbocycles. The van der Waals surface area contributed by atoms with Crippen molar-refractivity contribution in [2.75, 3.05) is 5.73 Å². The predicted octanol–water partition coefficient (Wildman–Crippen LogP) is 0.954. The molecule has 1 rings (SSSR count). The summed E-state index contributed by atoms with van der Waals surface area (Å²) < 4.78 is 0. The summed E-state index contributed by atoms with van der Waals surface area (Å²) in [6.45, 7) is 1.86. The molecular weight excluding hydrogens is 124 g/mol. The number of rotatable bonds is 0. The molecule has 0 aliphatic rings. The van der Waals surface area contributed by atoms with E-state index in [-0.39, 0.29) is 0 Å². The van der Waals surface area contributed by atoms with Gasteiger partial charge in [-0.1, -0.05) is 0 Å². The molecule has 0 atom stereocenters. The van der Waals surface area contributed by atoms with Gasteiger partial charge in [0.2, 0.25) is 0 Å². The van der Waals surface area contributed by atoms with Gasteiger partial charge < -0.3 is 5.73 Å². The molecule has 2 N–H and O–H groups in total. The van der Waals surface area contributed by atoms with Crippen molar-refractivity contribution in [3.05, 3.63) is 23.5 Å². The Hall–Kier alpha value is -1.49. The molecule has 0 saturated heterocycles. The lowest BCUT2D eigenvalue weighted by Gasteiger charge is -1.98. The van der Waals surface area contributed by atoms with E-state index < -0.39 is 0 Å². The maximum absolute atomic E-state index is 5.56.